The lowest BCUT2D eigenvalue weighted by atomic mass is 9.44. The second-order valence-corrected chi connectivity index (χ2v) is 8.95. The highest BCUT2D eigenvalue weighted by atomic mass is 16.3. The highest BCUT2D eigenvalue weighted by Crippen LogP contribution is 2.63. The van der Waals surface area contributed by atoms with E-state index >= 15 is 0 Å². The van der Waals surface area contributed by atoms with Crippen molar-refractivity contribution in [3.8, 4) is 0 Å². The van der Waals surface area contributed by atoms with Gasteiger partial charge in [-0.1, -0.05) is 45.8 Å². The van der Waals surface area contributed by atoms with E-state index < -0.39 is 5.60 Å². The molecule has 128 valence electrons. The lowest BCUT2D eigenvalue weighted by Crippen LogP contribution is -2.62. The lowest BCUT2D eigenvalue weighted by Gasteiger charge is -2.63. The number of hydrogen-bond acceptors (Lipinski definition) is 2. The number of aliphatic hydroxyl groups excluding tert-OH is 1. The quantitative estimate of drug-likeness (QED) is 0.739. The maximum atomic E-state index is 11.8. The molecule has 0 aromatic heterocycles. The lowest BCUT2D eigenvalue weighted by molar-refractivity contribution is -0.211. The zero-order valence-electron chi connectivity index (χ0n) is 15.3. The smallest absolute Gasteiger partial charge is 0.0732 e. The molecule has 2 N–H and O–H groups in total. The summed E-state index contributed by atoms with van der Waals surface area (Å²) >= 11 is 0. The second kappa shape index (κ2) is 6.28. The Balaban J connectivity index is 2.28. The summed E-state index contributed by atoms with van der Waals surface area (Å²) in [5.41, 5.74) is 1.00. The summed E-state index contributed by atoms with van der Waals surface area (Å²) in [4.78, 5) is 0. The maximum absolute atomic E-state index is 11.8. The molecule has 0 bridgehead atoms. The number of hydrogen-bond donors (Lipinski definition) is 2. The van der Waals surface area contributed by atoms with Crippen molar-refractivity contribution in [2.24, 2.45) is 22.7 Å². The van der Waals surface area contributed by atoms with E-state index in [1.54, 1.807) is 0 Å². The Morgan fingerprint density at radius 3 is 2.50 bits per heavy atom. The van der Waals surface area contributed by atoms with Gasteiger partial charge < -0.3 is 10.2 Å². The van der Waals surface area contributed by atoms with Gasteiger partial charge in [-0.15, -0.1) is 0 Å². The van der Waals surface area contributed by atoms with Crippen molar-refractivity contribution in [1.82, 2.24) is 0 Å². The normalized spacial score (nSPS) is 42.0. The Morgan fingerprint density at radius 2 is 1.86 bits per heavy atom. The molecule has 4 atom stereocenters. The van der Waals surface area contributed by atoms with Crippen molar-refractivity contribution in [1.29, 1.82) is 0 Å². The SMILES string of the molecule is CC(=CCO)CCC1(O)C(C)CCC2C(C)(C)CCCC21C. The summed E-state index contributed by atoms with van der Waals surface area (Å²) in [5.74, 6) is 0.988. The summed E-state index contributed by atoms with van der Waals surface area (Å²) in [6.45, 7) is 11.6. The molecule has 0 heterocycles. The van der Waals surface area contributed by atoms with Crippen LogP contribution in [0, 0.1) is 22.7 Å². The number of allylic oxidation sites excluding steroid dienone is 1. The van der Waals surface area contributed by atoms with Crippen molar-refractivity contribution in [3.05, 3.63) is 11.6 Å². The molecule has 22 heavy (non-hydrogen) atoms. The summed E-state index contributed by atoms with van der Waals surface area (Å²) in [5, 5.41) is 20.8. The van der Waals surface area contributed by atoms with Crippen molar-refractivity contribution in [3.63, 3.8) is 0 Å². The van der Waals surface area contributed by atoms with Gasteiger partial charge >= 0.3 is 0 Å². The number of aliphatic hydroxyl groups is 2. The molecule has 0 aromatic carbocycles. The molecular weight excluding hydrogens is 272 g/mol. The van der Waals surface area contributed by atoms with E-state index in [4.69, 9.17) is 5.11 Å². The fourth-order valence-corrected chi connectivity index (χ4v) is 5.75. The van der Waals surface area contributed by atoms with Crippen molar-refractivity contribution in [2.45, 2.75) is 85.2 Å². The average molecular weight is 309 g/mol. The van der Waals surface area contributed by atoms with Crippen LogP contribution in [0.15, 0.2) is 11.6 Å². The standard InChI is InChI=1S/C20H36O2/c1-15(10-14-21)9-13-20(22)16(2)7-8-17-18(3,4)11-6-12-19(17,20)5/h10,16-17,21-22H,6-9,11-14H2,1-5H3. The maximum Gasteiger partial charge on any atom is 0.0732 e. The highest BCUT2D eigenvalue weighted by molar-refractivity contribution is 5.12. The first-order valence-electron chi connectivity index (χ1n) is 9.16. The van der Waals surface area contributed by atoms with Crippen molar-refractivity contribution < 1.29 is 10.2 Å². The Morgan fingerprint density at radius 1 is 1.18 bits per heavy atom. The van der Waals surface area contributed by atoms with Crippen LogP contribution in [0.3, 0.4) is 0 Å². The van der Waals surface area contributed by atoms with Crippen LogP contribution in [-0.4, -0.2) is 22.4 Å². The topological polar surface area (TPSA) is 40.5 Å². The first-order chi connectivity index (χ1) is 10.2. The van der Waals surface area contributed by atoms with Crippen LogP contribution in [0.4, 0.5) is 0 Å². The van der Waals surface area contributed by atoms with Crippen LogP contribution in [0.25, 0.3) is 0 Å². The van der Waals surface area contributed by atoms with Crippen LogP contribution in [0.2, 0.25) is 0 Å². The Hall–Kier alpha value is -0.340. The van der Waals surface area contributed by atoms with Gasteiger partial charge in [0.05, 0.1) is 12.2 Å². The molecule has 2 fully saturated rings. The van der Waals surface area contributed by atoms with Crippen LogP contribution >= 0.6 is 0 Å². The molecule has 2 heteroatoms. The average Bonchev–Trinajstić information content (AvgIpc) is 2.42. The molecule has 0 radical (unpaired) electrons. The summed E-state index contributed by atoms with van der Waals surface area (Å²) in [7, 11) is 0. The zero-order valence-corrected chi connectivity index (χ0v) is 15.3. The molecule has 2 aliphatic carbocycles. The molecule has 0 amide bonds. The third-order valence-electron chi connectivity index (χ3n) is 7.26. The molecule has 2 saturated carbocycles. The van der Waals surface area contributed by atoms with Gasteiger partial charge in [0.1, 0.15) is 0 Å². The van der Waals surface area contributed by atoms with E-state index in [0.29, 0.717) is 17.3 Å². The highest BCUT2D eigenvalue weighted by Gasteiger charge is 2.60. The monoisotopic (exact) mass is 308 g/mol. The van der Waals surface area contributed by atoms with Gasteiger partial charge in [-0.25, -0.2) is 0 Å². The van der Waals surface area contributed by atoms with E-state index in [1.807, 2.05) is 6.08 Å². The fourth-order valence-electron chi connectivity index (χ4n) is 5.75. The van der Waals surface area contributed by atoms with E-state index in [1.165, 1.54) is 24.8 Å². The van der Waals surface area contributed by atoms with Gasteiger partial charge in [0.2, 0.25) is 0 Å². The molecule has 2 nitrogen and oxygen atoms in total. The number of fused-ring (bicyclic) bond motifs is 1. The second-order valence-electron chi connectivity index (χ2n) is 8.95. The van der Waals surface area contributed by atoms with Crippen LogP contribution < -0.4 is 0 Å². The molecule has 2 rings (SSSR count). The van der Waals surface area contributed by atoms with Gasteiger partial charge in [0.25, 0.3) is 0 Å². The molecule has 0 aromatic rings. The molecule has 2 aliphatic rings. The minimum absolute atomic E-state index is 0.0336. The summed E-state index contributed by atoms with van der Waals surface area (Å²) in [6, 6.07) is 0. The van der Waals surface area contributed by atoms with Crippen molar-refractivity contribution in [2.75, 3.05) is 6.61 Å². The first kappa shape index (κ1) is 18.0. The molecule has 4 unspecified atom stereocenters. The summed E-state index contributed by atoms with van der Waals surface area (Å²) in [6.07, 6.45) is 9.69. The van der Waals surface area contributed by atoms with Crippen molar-refractivity contribution >= 4 is 0 Å². The fraction of sp³-hybridized carbons (Fsp3) is 0.900. The Labute approximate surface area is 137 Å². The minimum Gasteiger partial charge on any atom is -0.392 e. The third-order valence-corrected chi connectivity index (χ3v) is 7.26. The predicted molar refractivity (Wildman–Crippen MR) is 92.7 cm³/mol. The van der Waals surface area contributed by atoms with E-state index in [2.05, 4.69) is 34.6 Å². The zero-order chi connectivity index (χ0) is 16.6. The first-order valence-corrected chi connectivity index (χ1v) is 9.16. The van der Waals surface area contributed by atoms with Gasteiger partial charge in [-0.05, 0) is 68.1 Å². The summed E-state index contributed by atoms with van der Waals surface area (Å²) < 4.78 is 0. The van der Waals surface area contributed by atoms with Gasteiger partial charge in [-0.3, -0.25) is 0 Å². The molecule has 0 spiro atoms. The van der Waals surface area contributed by atoms with Gasteiger partial charge in [-0.2, -0.15) is 0 Å². The molecule has 0 aliphatic heterocycles. The third kappa shape index (κ3) is 2.89. The Kier molecular flexibility index (Phi) is 5.14. The molecule has 0 saturated heterocycles. The van der Waals surface area contributed by atoms with Crippen LogP contribution in [0.5, 0.6) is 0 Å². The molecular formula is C20H36O2. The van der Waals surface area contributed by atoms with E-state index in [0.717, 1.165) is 25.7 Å². The van der Waals surface area contributed by atoms with Gasteiger partial charge in [0.15, 0.2) is 0 Å². The van der Waals surface area contributed by atoms with E-state index in [-0.39, 0.29) is 12.0 Å². The van der Waals surface area contributed by atoms with Gasteiger partial charge in [0, 0.05) is 0 Å². The van der Waals surface area contributed by atoms with Crippen LogP contribution in [-0.2, 0) is 0 Å². The minimum atomic E-state index is -0.571. The van der Waals surface area contributed by atoms with Crippen LogP contribution in [0.1, 0.15) is 79.6 Å². The largest absolute Gasteiger partial charge is 0.392 e. The van der Waals surface area contributed by atoms with E-state index in [9.17, 15) is 5.11 Å². The predicted octanol–water partition coefficient (Wildman–Crippen LogP) is 4.70. The number of rotatable bonds is 4. The Bertz CT molecular complexity index is 425.